The number of nitro groups is 1. The summed E-state index contributed by atoms with van der Waals surface area (Å²) in [5.74, 6) is -0.988. The summed E-state index contributed by atoms with van der Waals surface area (Å²) in [5.41, 5.74) is -0.508. The summed E-state index contributed by atoms with van der Waals surface area (Å²) in [7, 11) is -2.67. The van der Waals surface area contributed by atoms with Crippen molar-refractivity contribution in [2.75, 3.05) is 12.4 Å². The van der Waals surface area contributed by atoms with Crippen LogP contribution in [0.25, 0.3) is 0 Å². The van der Waals surface area contributed by atoms with Gasteiger partial charge in [0, 0.05) is 16.7 Å². The Bertz CT molecular complexity index is 1380. The molecule has 0 radical (unpaired) electrons. The van der Waals surface area contributed by atoms with Crippen molar-refractivity contribution in [1.29, 1.82) is 0 Å². The number of sulfone groups is 1. The van der Waals surface area contributed by atoms with Crippen LogP contribution in [0.1, 0.15) is 26.3 Å². The van der Waals surface area contributed by atoms with E-state index in [4.69, 9.17) is 4.74 Å². The normalized spacial score (nSPS) is 13.6. The highest BCUT2D eigenvalue weighted by molar-refractivity contribution is 7.91. The molecule has 31 heavy (non-hydrogen) atoms. The Morgan fingerprint density at radius 3 is 2.42 bits per heavy atom. The van der Waals surface area contributed by atoms with Crippen LogP contribution in [-0.2, 0) is 9.84 Å². The number of methoxy groups -OCH3 is 1. The maximum absolute atomic E-state index is 13.0. The molecule has 10 heteroatoms. The summed E-state index contributed by atoms with van der Waals surface area (Å²) in [4.78, 5) is 35.6. The van der Waals surface area contributed by atoms with E-state index in [1.54, 1.807) is 6.07 Å². The highest BCUT2D eigenvalue weighted by Gasteiger charge is 2.35. The second-order valence-electron chi connectivity index (χ2n) is 6.63. The molecule has 1 heterocycles. The SMILES string of the molecule is COc1ccc(NC(=O)c2ccc3c(c2)S(=O)(=O)c2ccccc2C3=O)c([N+](=O)[O-])c1. The lowest BCUT2D eigenvalue weighted by Gasteiger charge is -2.19. The van der Waals surface area contributed by atoms with Gasteiger partial charge in [0.2, 0.25) is 9.84 Å². The lowest BCUT2D eigenvalue weighted by atomic mass is 10.0. The fourth-order valence-corrected chi connectivity index (χ4v) is 4.99. The minimum Gasteiger partial charge on any atom is -0.496 e. The topological polar surface area (TPSA) is 133 Å². The maximum atomic E-state index is 13.0. The van der Waals surface area contributed by atoms with Crippen LogP contribution in [0, 0.1) is 10.1 Å². The number of fused-ring (bicyclic) bond motifs is 2. The van der Waals surface area contributed by atoms with Gasteiger partial charge >= 0.3 is 0 Å². The van der Waals surface area contributed by atoms with Crippen LogP contribution in [0.5, 0.6) is 5.75 Å². The Morgan fingerprint density at radius 1 is 1.00 bits per heavy atom. The number of hydrogen-bond acceptors (Lipinski definition) is 7. The average Bonchev–Trinajstić information content (AvgIpc) is 2.77. The molecule has 0 spiro atoms. The van der Waals surface area contributed by atoms with Gasteiger partial charge < -0.3 is 10.1 Å². The van der Waals surface area contributed by atoms with E-state index in [1.165, 1.54) is 49.6 Å². The molecule has 0 bridgehead atoms. The average molecular weight is 438 g/mol. The minimum atomic E-state index is -4.02. The summed E-state index contributed by atoms with van der Waals surface area (Å²) in [6.45, 7) is 0. The summed E-state index contributed by atoms with van der Waals surface area (Å²) in [6, 6.07) is 13.4. The van der Waals surface area contributed by atoms with Crippen LogP contribution in [0.15, 0.2) is 70.5 Å². The zero-order chi connectivity index (χ0) is 22.3. The Labute approximate surface area is 176 Å². The third-order valence-corrected chi connectivity index (χ3v) is 6.70. The molecule has 0 fully saturated rings. The van der Waals surface area contributed by atoms with Crippen molar-refractivity contribution in [3.05, 3.63) is 87.5 Å². The monoisotopic (exact) mass is 438 g/mol. The molecule has 4 rings (SSSR count). The minimum absolute atomic E-state index is 0.0364. The summed E-state index contributed by atoms with van der Waals surface area (Å²) >= 11 is 0. The molecular weight excluding hydrogens is 424 g/mol. The highest BCUT2D eigenvalue weighted by atomic mass is 32.2. The maximum Gasteiger partial charge on any atom is 0.296 e. The van der Waals surface area contributed by atoms with Crippen molar-refractivity contribution in [2.45, 2.75) is 9.79 Å². The third-order valence-electron chi connectivity index (χ3n) is 4.85. The Kier molecular flexibility index (Phi) is 4.78. The summed E-state index contributed by atoms with van der Waals surface area (Å²) in [6.07, 6.45) is 0. The van der Waals surface area contributed by atoms with E-state index in [-0.39, 0.29) is 43.6 Å². The van der Waals surface area contributed by atoms with Crippen molar-refractivity contribution >= 4 is 32.9 Å². The number of carbonyl (C=O) groups excluding carboxylic acids is 2. The Balaban J connectivity index is 1.74. The first kappa shape index (κ1) is 20.2. The van der Waals surface area contributed by atoms with Crippen LogP contribution in [0.2, 0.25) is 0 Å². The number of benzene rings is 3. The summed E-state index contributed by atoms with van der Waals surface area (Å²) < 4.78 is 31.0. The highest BCUT2D eigenvalue weighted by Crippen LogP contribution is 2.35. The third kappa shape index (κ3) is 3.32. The quantitative estimate of drug-likeness (QED) is 0.382. The molecule has 0 unspecified atom stereocenters. The smallest absolute Gasteiger partial charge is 0.296 e. The van der Waals surface area contributed by atoms with E-state index in [0.717, 1.165) is 12.1 Å². The van der Waals surface area contributed by atoms with E-state index >= 15 is 0 Å². The number of rotatable bonds is 4. The first-order valence-corrected chi connectivity index (χ1v) is 10.4. The van der Waals surface area contributed by atoms with Crippen LogP contribution < -0.4 is 10.1 Å². The van der Waals surface area contributed by atoms with Gasteiger partial charge in [-0.3, -0.25) is 19.7 Å². The second-order valence-corrected chi connectivity index (χ2v) is 8.52. The fraction of sp³-hybridized carbons (Fsp3) is 0.0476. The molecule has 1 aliphatic rings. The zero-order valence-corrected chi connectivity index (χ0v) is 16.8. The Hall–Kier alpha value is -4.05. The first-order chi connectivity index (χ1) is 14.7. The van der Waals surface area contributed by atoms with Gasteiger partial charge in [-0.05, 0) is 42.5 Å². The van der Waals surface area contributed by atoms with E-state index < -0.39 is 26.5 Å². The number of ketones is 1. The van der Waals surface area contributed by atoms with Gasteiger partial charge in [-0.15, -0.1) is 0 Å². The lowest BCUT2D eigenvalue weighted by molar-refractivity contribution is -0.384. The van der Waals surface area contributed by atoms with Crippen molar-refractivity contribution in [3.63, 3.8) is 0 Å². The zero-order valence-electron chi connectivity index (χ0n) is 16.0. The van der Waals surface area contributed by atoms with Crippen LogP contribution in [0.3, 0.4) is 0 Å². The van der Waals surface area contributed by atoms with Gasteiger partial charge in [0.05, 0.1) is 27.9 Å². The predicted octanol–water partition coefficient (Wildman–Crippen LogP) is 3.23. The van der Waals surface area contributed by atoms with Crippen molar-refractivity contribution in [1.82, 2.24) is 0 Å². The molecular formula is C21H14N2O7S. The number of carbonyl (C=O) groups is 2. The van der Waals surface area contributed by atoms with Crippen LogP contribution in [-0.4, -0.2) is 32.1 Å². The van der Waals surface area contributed by atoms with Gasteiger partial charge in [-0.25, -0.2) is 8.42 Å². The molecule has 156 valence electrons. The first-order valence-electron chi connectivity index (χ1n) is 8.90. The molecule has 0 saturated carbocycles. The van der Waals surface area contributed by atoms with E-state index in [0.29, 0.717) is 0 Å². The fourth-order valence-electron chi connectivity index (χ4n) is 3.32. The number of anilines is 1. The van der Waals surface area contributed by atoms with Gasteiger partial charge in [0.1, 0.15) is 11.4 Å². The van der Waals surface area contributed by atoms with Crippen molar-refractivity contribution < 1.29 is 27.7 Å². The second kappa shape index (κ2) is 7.33. The number of hydrogen-bond donors (Lipinski definition) is 1. The molecule has 0 saturated heterocycles. The molecule has 1 aliphatic heterocycles. The standard InChI is InChI=1S/C21H14N2O7S/c1-30-13-7-9-16(17(11-13)23(26)27)22-21(25)12-6-8-15-19(10-12)31(28,29)18-5-3-2-4-14(18)20(15)24/h2-11H,1H3,(H,22,25). The molecule has 3 aromatic rings. The van der Waals surface area contributed by atoms with Crippen LogP contribution >= 0.6 is 0 Å². The van der Waals surface area contributed by atoms with Gasteiger partial charge in [0.15, 0.2) is 5.78 Å². The Morgan fingerprint density at radius 2 is 1.71 bits per heavy atom. The summed E-state index contributed by atoms with van der Waals surface area (Å²) in [5, 5.41) is 13.7. The van der Waals surface area contributed by atoms with E-state index in [1.807, 2.05) is 0 Å². The van der Waals surface area contributed by atoms with Crippen LogP contribution in [0.4, 0.5) is 11.4 Å². The number of nitrogens with one attached hydrogen (secondary N) is 1. The number of nitrogens with zero attached hydrogens (tertiary/aromatic N) is 1. The number of ether oxygens (including phenoxy) is 1. The van der Waals surface area contributed by atoms with Gasteiger partial charge in [-0.2, -0.15) is 0 Å². The molecule has 0 aromatic heterocycles. The molecule has 0 atom stereocenters. The lowest BCUT2D eigenvalue weighted by Crippen LogP contribution is -2.21. The molecule has 1 amide bonds. The van der Waals surface area contributed by atoms with Gasteiger partial charge in [0.25, 0.3) is 11.6 Å². The van der Waals surface area contributed by atoms with Crippen molar-refractivity contribution in [2.24, 2.45) is 0 Å². The van der Waals surface area contributed by atoms with E-state index in [9.17, 15) is 28.1 Å². The predicted molar refractivity (Wildman–Crippen MR) is 109 cm³/mol. The van der Waals surface area contributed by atoms with Crippen molar-refractivity contribution in [3.8, 4) is 5.75 Å². The van der Waals surface area contributed by atoms with E-state index in [2.05, 4.69) is 5.32 Å². The number of nitro benzene ring substituents is 1. The number of amides is 1. The molecule has 3 aromatic carbocycles. The molecule has 0 aliphatic carbocycles. The van der Waals surface area contributed by atoms with Gasteiger partial charge in [-0.1, -0.05) is 12.1 Å². The molecule has 9 nitrogen and oxygen atoms in total. The largest absolute Gasteiger partial charge is 0.496 e. The molecule has 1 N–H and O–H groups in total.